The summed E-state index contributed by atoms with van der Waals surface area (Å²) in [7, 11) is 0. The second-order valence-electron chi connectivity index (χ2n) is 19.7. The first-order chi connectivity index (χ1) is 31.3. The van der Waals surface area contributed by atoms with Gasteiger partial charge < -0.3 is 40.3 Å². The minimum atomic E-state index is -1.56. The van der Waals surface area contributed by atoms with Crippen LogP contribution in [0, 0.1) is 0 Å². The maximum atomic E-state index is 13.0. The second kappa shape index (κ2) is 45.7. The smallest absolute Gasteiger partial charge is 0.220 e. The van der Waals surface area contributed by atoms with Gasteiger partial charge in [-0.2, -0.15) is 0 Å². The third kappa shape index (κ3) is 35.1. The summed E-state index contributed by atoms with van der Waals surface area (Å²) in [5, 5.41) is 54.4. The standard InChI is InChI=1S/C55H107NO8/c1-3-5-7-9-11-13-15-17-19-21-22-23-24-25-26-27-29-31-33-35-37-39-41-43-45-51(59)56-48(47-63-55-54(62)53(61)52(60)50(46-57)64-55)49(58)44-42-40-38-36-34-32-30-28-20-18-16-14-12-10-8-6-4-2/h42,44,48-50,52-55,57-58,60-62H,3-41,43,45-47H2,1-2H3,(H,56,59)/b44-42+/t48-,49+,50+,52-,53?,54?,55+/m0/s1. The van der Waals surface area contributed by atoms with Gasteiger partial charge in [0.15, 0.2) is 6.29 Å². The van der Waals surface area contributed by atoms with E-state index < -0.39 is 49.5 Å². The van der Waals surface area contributed by atoms with E-state index in [9.17, 15) is 30.3 Å². The topological polar surface area (TPSA) is 149 Å². The summed E-state index contributed by atoms with van der Waals surface area (Å²) in [6.07, 6.45) is 48.4. The fourth-order valence-corrected chi connectivity index (χ4v) is 9.16. The lowest BCUT2D eigenvalue weighted by molar-refractivity contribution is -0.302. The number of aliphatic hydroxyl groups is 5. The van der Waals surface area contributed by atoms with Crippen molar-refractivity contribution in [2.75, 3.05) is 13.2 Å². The molecule has 1 fully saturated rings. The minimum Gasteiger partial charge on any atom is -0.394 e. The number of allylic oxidation sites excluding steroid dienone is 1. The summed E-state index contributed by atoms with van der Waals surface area (Å²) >= 11 is 0. The van der Waals surface area contributed by atoms with Crippen LogP contribution in [0.5, 0.6) is 0 Å². The highest BCUT2D eigenvalue weighted by Crippen LogP contribution is 2.23. The maximum absolute atomic E-state index is 13.0. The Morgan fingerprint density at radius 2 is 0.859 bits per heavy atom. The molecule has 2 unspecified atom stereocenters. The minimum absolute atomic E-state index is 0.170. The molecule has 0 aromatic rings. The molecule has 0 saturated carbocycles. The van der Waals surface area contributed by atoms with E-state index in [1.807, 2.05) is 6.08 Å². The van der Waals surface area contributed by atoms with Crippen molar-refractivity contribution in [3.63, 3.8) is 0 Å². The number of amides is 1. The number of rotatable bonds is 48. The molecule has 7 atom stereocenters. The highest BCUT2D eigenvalue weighted by atomic mass is 16.7. The van der Waals surface area contributed by atoms with E-state index in [0.717, 1.165) is 38.5 Å². The molecule has 1 amide bonds. The highest BCUT2D eigenvalue weighted by Gasteiger charge is 2.44. The van der Waals surface area contributed by atoms with E-state index in [2.05, 4.69) is 19.2 Å². The average Bonchev–Trinajstić information content (AvgIpc) is 3.29. The number of nitrogens with one attached hydrogen (secondary N) is 1. The molecule has 0 aliphatic carbocycles. The lowest BCUT2D eigenvalue weighted by Gasteiger charge is -2.40. The van der Waals surface area contributed by atoms with Gasteiger partial charge in [-0.15, -0.1) is 0 Å². The molecule has 0 aromatic heterocycles. The lowest BCUT2D eigenvalue weighted by Crippen LogP contribution is -2.60. The Hall–Kier alpha value is -1.07. The van der Waals surface area contributed by atoms with Gasteiger partial charge in [0.2, 0.25) is 5.91 Å². The largest absolute Gasteiger partial charge is 0.394 e. The molecule has 1 aliphatic rings. The van der Waals surface area contributed by atoms with Gasteiger partial charge in [-0.3, -0.25) is 4.79 Å². The Bertz CT molecular complexity index is 1010. The van der Waals surface area contributed by atoms with Gasteiger partial charge in [0.1, 0.15) is 24.4 Å². The van der Waals surface area contributed by atoms with Crippen molar-refractivity contribution in [1.82, 2.24) is 5.32 Å². The van der Waals surface area contributed by atoms with Crippen LogP contribution in [0.2, 0.25) is 0 Å². The molecule has 0 spiro atoms. The molecule has 1 heterocycles. The summed E-state index contributed by atoms with van der Waals surface area (Å²) in [6, 6.07) is -0.799. The number of aliphatic hydroxyl groups excluding tert-OH is 5. The van der Waals surface area contributed by atoms with Crippen molar-refractivity contribution in [3.05, 3.63) is 12.2 Å². The van der Waals surface area contributed by atoms with Gasteiger partial charge in [-0.25, -0.2) is 0 Å². The van der Waals surface area contributed by atoms with E-state index in [1.54, 1.807) is 6.08 Å². The van der Waals surface area contributed by atoms with Crippen LogP contribution in [0.15, 0.2) is 12.2 Å². The summed E-state index contributed by atoms with van der Waals surface area (Å²) in [5.74, 6) is -0.170. The third-order valence-electron chi connectivity index (χ3n) is 13.6. The van der Waals surface area contributed by atoms with Gasteiger partial charge in [0.05, 0.1) is 25.4 Å². The van der Waals surface area contributed by atoms with Gasteiger partial charge in [0.25, 0.3) is 0 Å². The predicted molar refractivity (Wildman–Crippen MR) is 267 cm³/mol. The molecule has 6 N–H and O–H groups in total. The molecule has 0 bridgehead atoms. The van der Waals surface area contributed by atoms with Crippen molar-refractivity contribution in [1.29, 1.82) is 0 Å². The van der Waals surface area contributed by atoms with Gasteiger partial charge in [-0.1, -0.05) is 264 Å². The second-order valence-corrected chi connectivity index (χ2v) is 19.7. The normalized spacial score (nSPS) is 20.0. The molecular weight excluding hydrogens is 803 g/mol. The van der Waals surface area contributed by atoms with E-state index in [0.29, 0.717) is 6.42 Å². The van der Waals surface area contributed by atoms with Crippen LogP contribution >= 0.6 is 0 Å². The van der Waals surface area contributed by atoms with Crippen LogP contribution in [0.4, 0.5) is 0 Å². The van der Waals surface area contributed by atoms with Crippen LogP contribution in [0.25, 0.3) is 0 Å². The van der Waals surface area contributed by atoms with Crippen LogP contribution in [-0.4, -0.2) is 87.5 Å². The monoisotopic (exact) mass is 910 g/mol. The van der Waals surface area contributed by atoms with Gasteiger partial charge in [-0.05, 0) is 19.3 Å². The Morgan fingerprint density at radius 1 is 0.516 bits per heavy atom. The van der Waals surface area contributed by atoms with E-state index in [1.165, 1.54) is 218 Å². The Balaban J connectivity index is 2.22. The first-order valence-corrected chi connectivity index (χ1v) is 27.9. The van der Waals surface area contributed by atoms with Gasteiger partial charge in [0, 0.05) is 6.42 Å². The fourth-order valence-electron chi connectivity index (χ4n) is 9.16. The molecule has 0 aromatic carbocycles. The number of unbranched alkanes of at least 4 members (excludes halogenated alkanes) is 38. The first kappa shape index (κ1) is 60.9. The van der Waals surface area contributed by atoms with Crippen molar-refractivity contribution < 1.29 is 39.8 Å². The number of carbonyl (C=O) groups is 1. The zero-order valence-corrected chi connectivity index (χ0v) is 42.1. The van der Waals surface area contributed by atoms with Crippen LogP contribution in [0.3, 0.4) is 0 Å². The van der Waals surface area contributed by atoms with E-state index >= 15 is 0 Å². The molecule has 64 heavy (non-hydrogen) atoms. The van der Waals surface area contributed by atoms with Crippen LogP contribution in [-0.2, 0) is 14.3 Å². The molecule has 9 nitrogen and oxygen atoms in total. The average molecular weight is 910 g/mol. The van der Waals surface area contributed by atoms with Crippen LogP contribution < -0.4 is 5.32 Å². The third-order valence-corrected chi connectivity index (χ3v) is 13.6. The number of hydrogen-bond donors (Lipinski definition) is 6. The quantitative estimate of drug-likeness (QED) is 0.0261. The first-order valence-electron chi connectivity index (χ1n) is 27.9. The molecule has 0 radical (unpaired) electrons. The molecule has 1 rings (SSSR count). The predicted octanol–water partition coefficient (Wildman–Crippen LogP) is 13.2. The highest BCUT2D eigenvalue weighted by molar-refractivity contribution is 5.76. The summed E-state index contributed by atoms with van der Waals surface area (Å²) < 4.78 is 11.3. The summed E-state index contributed by atoms with van der Waals surface area (Å²) in [6.45, 7) is 3.81. The SMILES string of the molecule is CCCCCCCCCCCCCCCCC/C=C/[C@@H](O)[C@H](CO[C@@H]1O[C@H](CO)[C@H](O)C(O)C1O)NC(=O)CCCCCCCCCCCCCCCCCCCCCCCCCC. The van der Waals surface area contributed by atoms with E-state index in [4.69, 9.17) is 9.47 Å². The number of carbonyl (C=O) groups excluding carboxylic acids is 1. The van der Waals surface area contributed by atoms with Crippen molar-refractivity contribution in [2.24, 2.45) is 0 Å². The maximum Gasteiger partial charge on any atom is 0.220 e. The number of hydrogen-bond acceptors (Lipinski definition) is 8. The summed E-state index contributed by atoms with van der Waals surface area (Å²) in [4.78, 5) is 13.0. The molecule has 9 heteroatoms. The zero-order chi connectivity index (χ0) is 46.6. The van der Waals surface area contributed by atoms with Crippen molar-refractivity contribution in [2.45, 2.75) is 320 Å². The molecule has 1 saturated heterocycles. The van der Waals surface area contributed by atoms with Crippen molar-refractivity contribution >= 4 is 5.91 Å². The van der Waals surface area contributed by atoms with Gasteiger partial charge >= 0.3 is 0 Å². The fraction of sp³-hybridized carbons (Fsp3) is 0.945. The lowest BCUT2D eigenvalue weighted by atomic mass is 9.99. The van der Waals surface area contributed by atoms with Crippen molar-refractivity contribution in [3.8, 4) is 0 Å². The molecular formula is C55H107NO8. The Kier molecular flexibility index (Phi) is 43.5. The zero-order valence-electron chi connectivity index (χ0n) is 42.1. The van der Waals surface area contributed by atoms with E-state index in [-0.39, 0.29) is 12.5 Å². The molecule has 1 aliphatic heterocycles. The summed E-state index contributed by atoms with van der Waals surface area (Å²) in [5.41, 5.74) is 0. The Morgan fingerprint density at radius 3 is 1.22 bits per heavy atom. The van der Waals surface area contributed by atoms with Crippen LogP contribution in [0.1, 0.15) is 277 Å². The Labute approximate surface area is 395 Å². The number of ether oxygens (including phenoxy) is 2. The molecule has 380 valence electrons.